The van der Waals surface area contributed by atoms with Crippen molar-refractivity contribution in [2.45, 2.75) is 6.54 Å². The number of amides is 1. The monoisotopic (exact) mass is 333 g/mol. The van der Waals surface area contributed by atoms with Gasteiger partial charge in [-0.25, -0.2) is 0 Å². The fourth-order valence-electron chi connectivity index (χ4n) is 2.46. The van der Waals surface area contributed by atoms with E-state index in [0.717, 1.165) is 5.56 Å². The summed E-state index contributed by atoms with van der Waals surface area (Å²) in [6.45, 7) is 0.641. The van der Waals surface area contributed by atoms with Gasteiger partial charge in [0, 0.05) is 18.3 Å². The number of carbonyl (C=O) groups is 1. The van der Waals surface area contributed by atoms with E-state index in [1.165, 1.54) is 0 Å². The summed E-state index contributed by atoms with van der Waals surface area (Å²) in [5.74, 6) is 0.765. The van der Waals surface area contributed by atoms with E-state index >= 15 is 0 Å². The van der Waals surface area contributed by atoms with Crippen molar-refractivity contribution in [2.24, 2.45) is 0 Å². The highest BCUT2D eigenvalue weighted by Crippen LogP contribution is 2.18. The molecule has 2 N–H and O–H groups in total. The van der Waals surface area contributed by atoms with Gasteiger partial charge in [-0.2, -0.15) is 10.2 Å². The normalized spacial score (nSPS) is 10.7. The number of hydrogen-bond acceptors (Lipinski definition) is 4. The summed E-state index contributed by atoms with van der Waals surface area (Å²) in [6.07, 6.45) is 3.39. The standard InChI is InChI=1S/C18H15N5O2/c24-18(15-11-14(20-21-15)16-7-4-10-25-16)19-17-8-9-23(22-17)12-13-5-2-1-3-6-13/h1-11H,12H2,(H,20,21)(H,19,22,24). The zero-order valence-electron chi connectivity index (χ0n) is 13.2. The van der Waals surface area contributed by atoms with Gasteiger partial charge in [-0.1, -0.05) is 30.3 Å². The number of benzene rings is 1. The molecule has 0 saturated carbocycles. The Morgan fingerprint density at radius 3 is 2.84 bits per heavy atom. The molecule has 3 aromatic heterocycles. The molecule has 0 unspecified atom stereocenters. The van der Waals surface area contributed by atoms with Crippen LogP contribution in [0.4, 0.5) is 5.82 Å². The summed E-state index contributed by atoms with van der Waals surface area (Å²) in [5.41, 5.74) is 2.05. The van der Waals surface area contributed by atoms with E-state index in [2.05, 4.69) is 20.6 Å². The SMILES string of the molecule is O=C(Nc1ccn(Cc2ccccc2)n1)c1cc(-c2ccco2)[nH]n1. The average molecular weight is 333 g/mol. The Bertz CT molecular complexity index is 970. The molecule has 0 atom stereocenters. The lowest BCUT2D eigenvalue weighted by atomic mass is 10.2. The molecule has 3 heterocycles. The van der Waals surface area contributed by atoms with Crippen molar-refractivity contribution in [1.29, 1.82) is 0 Å². The van der Waals surface area contributed by atoms with Crippen LogP contribution in [0.3, 0.4) is 0 Å². The topological polar surface area (TPSA) is 88.7 Å². The van der Waals surface area contributed by atoms with Gasteiger partial charge in [-0.05, 0) is 17.7 Å². The van der Waals surface area contributed by atoms with Gasteiger partial charge in [0.25, 0.3) is 5.91 Å². The molecule has 1 amide bonds. The van der Waals surface area contributed by atoms with E-state index in [9.17, 15) is 4.79 Å². The molecule has 0 fully saturated rings. The highest BCUT2D eigenvalue weighted by Gasteiger charge is 2.14. The van der Waals surface area contributed by atoms with Crippen LogP contribution >= 0.6 is 0 Å². The van der Waals surface area contributed by atoms with Crippen molar-refractivity contribution < 1.29 is 9.21 Å². The van der Waals surface area contributed by atoms with Crippen LogP contribution < -0.4 is 5.32 Å². The molecule has 4 rings (SSSR count). The van der Waals surface area contributed by atoms with Crippen LogP contribution in [0.1, 0.15) is 16.1 Å². The predicted octanol–water partition coefficient (Wildman–Crippen LogP) is 3.17. The number of aromatic nitrogens is 4. The third kappa shape index (κ3) is 3.35. The molecular formula is C18H15N5O2. The third-order valence-corrected chi connectivity index (χ3v) is 3.67. The summed E-state index contributed by atoms with van der Waals surface area (Å²) < 4.78 is 7.04. The van der Waals surface area contributed by atoms with E-state index in [1.54, 1.807) is 35.2 Å². The Balaban J connectivity index is 1.43. The summed E-state index contributed by atoms with van der Waals surface area (Å²) in [4.78, 5) is 12.3. The van der Waals surface area contributed by atoms with E-state index in [1.807, 2.05) is 36.5 Å². The number of rotatable bonds is 5. The lowest BCUT2D eigenvalue weighted by Crippen LogP contribution is -2.13. The molecule has 7 heteroatoms. The maximum atomic E-state index is 12.3. The van der Waals surface area contributed by atoms with Crippen molar-refractivity contribution in [2.75, 3.05) is 5.32 Å². The first-order valence-electron chi connectivity index (χ1n) is 7.76. The Morgan fingerprint density at radius 1 is 1.16 bits per heavy atom. The molecule has 25 heavy (non-hydrogen) atoms. The van der Waals surface area contributed by atoms with Gasteiger partial charge in [-0.3, -0.25) is 14.6 Å². The maximum absolute atomic E-state index is 12.3. The molecule has 0 aliphatic carbocycles. The quantitative estimate of drug-likeness (QED) is 0.587. The lowest BCUT2D eigenvalue weighted by Gasteiger charge is -2.01. The number of H-pyrrole nitrogens is 1. The largest absolute Gasteiger partial charge is 0.463 e. The molecule has 0 saturated heterocycles. The molecule has 1 aromatic carbocycles. The van der Waals surface area contributed by atoms with Crippen LogP contribution in [0.5, 0.6) is 0 Å². The highest BCUT2D eigenvalue weighted by molar-refractivity contribution is 6.02. The average Bonchev–Trinajstić information content (AvgIpc) is 3.37. The second kappa shape index (κ2) is 6.48. The molecular weight excluding hydrogens is 318 g/mol. The first-order chi connectivity index (χ1) is 12.3. The van der Waals surface area contributed by atoms with Gasteiger partial charge in [0.05, 0.1) is 12.8 Å². The number of nitrogens with zero attached hydrogens (tertiary/aromatic N) is 3. The smallest absolute Gasteiger partial charge is 0.277 e. The molecule has 0 radical (unpaired) electrons. The molecule has 124 valence electrons. The van der Waals surface area contributed by atoms with Crippen LogP contribution in [0.2, 0.25) is 0 Å². The first kappa shape index (κ1) is 14.9. The Morgan fingerprint density at radius 2 is 2.04 bits per heavy atom. The number of nitrogens with one attached hydrogen (secondary N) is 2. The van der Waals surface area contributed by atoms with E-state index in [4.69, 9.17) is 4.42 Å². The minimum Gasteiger partial charge on any atom is -0.463 e. The summed E-state index contributed by atoms with van der Waals surface area (Å²) in [6, 6.07) is 16.9. The minimum absolute atomic E-state index is 0.268. The Hall–Kier alpha value is -3.61. The first-order valence-corrected chi connectivity index (χ1v) is 7.76. The summed E-state index contributed by atoms with van der Waals surface area (Å²) >= 11 is 0. The minimum atomic E-state index is -0.334. The Labute approximate surface area is 143 Å². The number of hydrogen-bond donors (Lipinski definition) is 2. The van der Waals surface area contributed by atoms with Crippen molar-refractivity contribution in [3.8, 4) is 11.5 Å². The van der Waals surface area contributed by atoms with Crippen LogP contribution in [0.15, 0.2) is 71.5 Å². The second-order valence-electron chi connectivity index (χ2n) is 5.48. The molecule has 7 nitrogen and oxygen atoms in total. The maximum Gasteiger partial charge on any atom is 0.277 e. The molecule has 0 bridgehead atoms. The van der Waals surface area contributed by atoms with Crippen molar-refractivity contribution in [1.82, 2.24) is 20.0 Å². The van der Waals surface area contributed by atoms with Crippen molar-refractivity contribution in [3.05, 3.63) is 78.3 Å². The van der Waals surface area contributed by atoms with Crippen LogP contribution in [0.25, 0.3) is 11.5 Å². The van der Waals surface area contributed by atoms with Gasteiger partial charge in [-0.15, -0.1) is 0 Å². The third-order valence-electron chi connectivity index (χ3n) is 3.67. The van der Waals surface area contributed by atoms with Crippen LogP contribution in [0, 0.1) is 0 Å². The van der Waals surface area contributed by atoms with Gasteiger partial charge in [0.15, 0.2) is 17.3 Å². The lowest BCUT2D eigenvalue weighted by molar-refractivity contribution is 0.102. The fraction of sp³-hybridized carbons (Fsp3) is 0.0556. The summed E-state index contributed by atoms with van der Waals surface area (Å²) in [7, 11) is 0. The van der Waals surface area contributed by atoms with Crippen molar-refractivity contribution in [3.63, 3.8) is 0 Å². The number of anilines is 1. The van der Waals surface area contributed by atoms with Gasteiger partial charge in [0.2, 0.25) is 0 Å². The van der Waals surface area contributed by atoms with Gasteiger partial charge in [0.1, 0.15) is 5.69 Å². The highest BCUT2D eigenvalue weighted by atomic mass is 16.3. The predicted molar refractivity (Wildman–Crippen MR) is 92.0 cm³/mol. The van der Waals surface area contributed by atoms with Gasteiger partial charge >= 0.3 is 0 Å². The Kier molecular flexibility index (Phi) is 3.88. The zero-order chi connectivity index (χ0) is 17.1. The molecule has 0 aliphatic heterocycles. The molecule has 4 aromatic rings. The second-order valence-corrected chi connectivity index (χ2v) is 5.48. The number of furan rings is 1. The van der Waals surface area contributed by atoms with Gasteiger partial charge < -0.3 is 9.73 Å². The van der Waals surface area contributed by atoms with E-state index in [-0.39, 0.29) is 11.6 Å². The zero-order valence-corrected chi connectivity index (χ0v) is 13.2. The number of carbonyl (C=O) groups excluding carboxylic acids is 1. The van der Waals surface area contributed by atoms with E-state index in [0.29, 0.717) is 23.8 Å². The van der Waals surface area contributed by atoms with Crippen LogP contribution in [-0.4, -0.2) is 25.9 Å². The summed E-state index contributed by atoms with van der Waals surface area (Å²) in [5, 5.41) is 13.9. The fourth-order valence-corrected chi connectivity index (χ4v) is 2.46. The molecule has 0 spiro atoms. The molecule has 0 aliphatic rings. The van der Waals surface area contributed by atoms with Crippen molar-refractivity contribution >= 4 is 11.7 Å². The number of aromatic amines is 1. The van der Waals surface area contributed by atoms with Crippen LogP contribution in [-0.2, 0) is 6.54 Å². The van der Waals surface area contributed by atoms with E-state index < -0.39 is 0 Å².